The minimum Gasteiger partial charge on any atom is -0.377 e. The third-order valence-electron chi connectivity index (χ3n) is 4.67. The molecule has 0 amide bonds. The van der Waals surface area contributed by atoms with Crippen molar-refractivity contribution < 1.29 is 4.74 Å². The lowest BCUT2D eigenvalue weighted by atomic mass is 10.1. The van der Waals surface area contributed by atoms with Gasteiger partial charge in [-0.25, -0.2) is 0 Å². The Morgan fingerprint density at radius 3 is 2.60 bits per heavy atom. The van der Waals surface area contributed by atoms with Gasteiger partial charge in [-0.3, -0.25) is 9.89 Å². The first-order valence-electron chi connectivity index (χ1n) is 8.76. The van der Waals surface area contributed by atoms with E-state index < -0.39 is 0 Å². The summed E-state index contributed by atoms with van der Waals surface area (Å²) in [5.41, 5.74) is 2.23. The third-order valence-corrected chi connectivity index (χ3v) is 4.93. The van der Waals surface area contributed by atoms with Gasteiger partial charge < -0.3 is 9.64 Å². The van der Waals surface area contributed by atoms with Gasteiger partial charge >= 0.3 is 0 Å². The maximum absolute atomic E-state index is 6.07. The average molecular weight is 356 g/mol. The molecular formula is C20H22ClN3O. The minimum absolute atomic E-state index is 0.334. The number of hydrogen-bond acceptors (Lipinski definition) is 4. The second-order valence-electron chi connectivity index (χ2n) is 6.52. The van der Waals surface area contributed by atoms with E-state index in [1.54, 1.807) is 0 Å². The molecule has 0 N–H and O–H groups in total. The number of amidine groups is 1. The smallest absolute Gasteiger partial charge is 0.137 e. The molecule has 2 aromatic rings. The summed E-state index contributed by atoms with van der Waals surface area (Å²) in [4.78, 5) is 9.48. The Hall–Kier alpha value is -1.88. The molecule has 2 aliphatic heterocycles. The van der Waals surface area contributed by atoms with Crippen molar-refractivity contribution in [2.75, 3.05) is 31.4 Å². The quantitative estimate of drug-likeness (QED) is 0.829. The molecule has 4 nitrogen and oxygen atoms in total. The van der Waals surface area contributed by atoms with Crippen LogP contribution in [-0.2, 0) is 4.74 Å². The monoisotopic (exact) mass is 355 g/mol. The first kappa shape index (κ1) is 16.6. The average Bonchev–Trinajstić information content (AvgIpc) is 3.16. The lowest BCUT2D eigenvalue weighted by molar-refractivity contribution is 0.0739. The Kier molecular flexibility index (Phi) is 5.02. The zero-order valence-corrected chi connectivity index (χ0v) is 14.9. The molecule has 1 unspecified atom stereocenters. The predicted molar refractivity (Wildman–Crippen MR) is 102 cm³/mol. The van der Waals surface area contributed by atoms with Crippen LogP contribution in [0, 0.1) is 0 Å². The molecule has 1 saturated heterocycles. The van der Waals surface area contributed by atoms with Crippen LogP contribution < -0.4 is 4.90 Å². The van der Waals surface area contributed by atoms with Gasteiger partial charge in [0.05, 0.1) is 19.4 Å². The zero-order chi connectivity index (χ0) is 17.1. The maximum Gasteiger partial charge on any atom is 0.137 e. The lowest BCUT2D eigenvalue weighted by Gasteiger charge is -2.37. The van der Waals surface area contributed by atoms with Crippen LogP contribution in [-0.4, -0.2) is 43.3 Å². The van der Waals surface area contributed by atoms with Crippen LogP contribution in [0.3, 0.4) is 0 Å². The molecule has 0 bridgehead atoms. The van der Waals surface area contributed by atoms with Crippen LogP contribution in [0.25, 0.3) is 0 Å². The Bertz CT molecular complexity index is 726. The second-order valence-corrected chi connectivity index (χ2v) is 6.96. The van der Waals surface area contributed by atoms with E-state index in [9.17, 15) is 0 Å². The normalized spacial score (nSPS) is 21.4. The number of aliphatic imine (C=N–C) groups is 1. The van der Waals surface area contributed by atoms with E-state index in [0.717, 1.165) is 54.8 Å². The van der Waals surface area contributed by atoms with Crippen molar-refractivity contribution in [3.63, 3.8) is 0 Å². The molecular weight excluding hydrogens is 334 g/mol. The number of benzene rings is 2. The molecule has 1 atom stereocenters. The summed E-state index contributed by atoms with van der Waals surface area (Å²) < 4.78 is 5.80. The van der Waals surface area contributed by atoms with E-state index >= 15 is 0 Å². The fourth-order valence-corrected chi connectivity index (χ4v) is 3.54. The molecule has 2 heterocycles. The highest BCUT2D eigenvalue weighted by Crippen LogP contribution is 2.24. The van der Waals surface area contributed by atoms with Crippen molar-refractivity contribution in [3.8, 4) is 0 Å². The van der Waals surface area contributed by atoms with Crippen molar-refractivity contribution in [2.24, 2.45) is 4.99 Å². The van der Waals surface area contributed by atoms with Crippen LogP contribution >= 0.6 is 11.6 Å². The Morgan fingerprint density at radius 1 is 1.08 bits per heavy atom. The Balaban J connectivity index is 1.61. The molecule has 5 heteroatoms. The van der Waals surface area contributed by atoms with E-state index in [1.165, 1.54) is 0 Å². The summed E-state index contributed by atoms with van der Waals surface area (Å²) in [6, 6.07) is 18.3. The van der Waals surface area contributed by atoms with Gasteiger partial charge in [0.1, 0.15) is 5.84 Å². The topological polar surface area (TPSA) is 28.1 Å². The summed E-state index contributed by atoms with van der Waals surface area (Å²) in [6.45, 7) is 3.32. The SMILES string of the molecule is Clc1ccc(N2CN(CC3CCCO3)CN=C2c2ccccc2)cc1. The minimum atomic E-state index is 0.334. The van der Waals surface area contributed by atoms with Crippen LogP contribution in [0.5, 0.6) is 0 Å². The van der Waals surface area contributed by atoms with Gasteiger partial charge in [-0.1, -0.05) is 41.9 Å². The van der Waals surface area contributed by atoms with E-state index in [1.807, 2.05) is 18.2 Å². The summed E-state index contributed by atoms with van der Waals surface area (Å²) >= 11 is 6.07. The number of nitrogens with zero attached hydrogens (tertiary/aromatic N) is 3. The Labute approximate surface area is 153 Å². The van der Waals surface area contributed by atoms with Crippen LogP contribution in [0.1, 0.15) is 18.4 Å². The van der Waals surface area contributed by atoms with E-state index in [2.05, 4.69) is 46.2 Å². The van der Waals surface area contributed by atoms with Crippen molar-refractivity contribution >= 4 is 23.1 Å². The largest absolute Gasteiger partial charge is 0.377 e. The highest BCUT2D eigenvalue weighted by Gasteiger charge is 2.26. The summed E-state index contributed by atoms with van der Waals surface area (Å²) in [6.07, 6.45) is 2.64. The molecule has 2 aromatic carbocycles. The highest BCUT2D eigenvalue weighted by atomic mass is 35.5. The second kappa shape index (κ2) is 7.56. The number of ether oxygens (including phenoxy) is 1. The van der Waals surface area contributed by atoms with Crippen LogP contribution in [0.4, 0.5) is 5.69 Å². The lowest BCUT2D eigenvalue weighted by Crippen LogP contribution is -2.48. The number of rotatable bonds is 4. The predicted octanol–water partition coefficient (Wildman–Crippen LogP) is 4.00. The van der Waals surface area contributed by atoms with Gasteiger partial charge in [0.25, 0.3) is 0 Å². The van der Waals surface area contributed by atoms with Crippen molar-refractivity contribution in [1.29, 1.82) is 0 Å². The molecule has 25 heavy (non-hydrogen) atoms. The molecule has 0 aliphatic carbocycles. The molecule has 0 spiro atoms. The van der Waals surface area contributed by atoms with Crippen molar-refractivity contribution in [1.82, 2.24) is 4.90 Å². The first-order valence-corrected chi connectivity index (χ1v) is 9.14. The van der Waals surface area contributed by atoms with Gasteiger partial charge in [0.15, 0.2) is 0 Å². The molecule has 0 saturated carbocycles. The van der Waals surface area contributed by atoms with Gasteiger partial charge in [0, 0.05) is 29.4 Å². The number of halogens is 1. The molecule has 130 valence electrons. The van der Waals surface area contributed by atoms with Crippen LogP contribution in [0.15, 0.2) is 59.6 Å². The zero-order valence-electron chi connectivity index (χ0n) is 14.1. The van der Waals surface area contributed by atoms with Gasteiger partial charge in [-0.2, -0.15) is 0 Å². The molecule has 1 fully saturated rings. The number of hydrogen-bond donors (Lipinski definition) is 0. The van der Waals surface area contributed by atoms with Crippen molar-refractivity contribution in [3.05, 3.63) is 65.2 Å². The fraction of sp³-hybridized carbons (Fsp3) is 0.350. The van der Waals surface area contributed by atoms with E-state index in [0.29, 0.717) is 12.8 Å². The summed E-state index contributed by atoms with van der Waals surface area (Å²) in [7, 11) is 0. The molecule has 4 rings (SSSR count). The molecule has 0 radical (unpaired) electrons. The highest BCUT2D eigenvalue weighted by molar-refractivity contribution is 6.30. The molecule has 0 aromatic heterocycles. The molecule has 2 aliphatic rings. The maximum atomic E-state index is 6.07. The standard InChI is InChI=1S/C20H22ClN3O/c21-17-8-10-18(11-9-17)24-15-23(13-19-7-4-12-25-19)14-22-20(24)16-5-2-1-3-6-16/h1-3,5-6,8-11,19H,4,7,12-15H2. The third kappa shape index (κ3) is 3.87. The van der Waals surface area contributed by atoms with Gasteiger partial charge in [-0.15, -0.1) is 0 Å². The summed E-state index contributed by atoms with van der Waals surface area (Å²) in [5, 5.41) is 0.746. The summed E-state index contributed by atoms with van der Waals surface area (Å²) in [5.74, 6) is 1.01. The van der Waals surface area contributed by atoms with Gasteiger partial charge in [0.2, 0.25) is 0 Å². The Morgan fingerprint density at radius 2 is 1.88 bits per heavy atom. The number of anilines is 1. The van der Waals surface area contributed by atoms with E-state index in [4.69, 9.17) is 21.3 Å². The van der Waals surface area contributed by atoms with Crippen LogP contribution in [0.2, 0.25) is 5.02 Å². The fourth-order valence-electron chi connectivity index (χ4n) is 3.42. The van der Waals surface area contributed by atoms with Gasteiger partial charge in [-0.05, 0) is 37.1 Å². The van der Waals surface area contributed by atoms with E-state index in [-0.39, 0.29) is 0 Å². The first-order chi connectivity index (χ1) is 12.3. The van der Waals surface area contributed by atoms with Crippen molar-refractivity contribution in [2.45, 2.75) is 18.9 Å².